The molecule has 0 N–H and O–H groups in total. The summed E-state index contributed by atoms with van der Waals surface area (Å²) in [6.45, 7) is 6.28. The lowest BCUT2D eigenvalue weighted by Crippen LogP contribution is -2.25. The first-order chi connectivity index (χ1) is 16.0. The Hall–Kier alpha value is -1.84. The van der Waals surface area contributed by atoms with Crippen LogP contribution in [0.2, 0.25) is 0 Å². The summed E-state index contributed by atoms with van der Waals surface area (Å²) in [6, 6.07) is 6.61. The summed E-state index contributed by atoms with van der Waals surface area (Å²) < 4.78 is 55.1. The van der Waals surface area contributed by atoms with E-state index in [9.17, 15) is 17.6 Å². The summed E-state index contributed by atoms with van der Waals surface area (Å²) in [5.74, 6) is -1.73. The molecule has 0 aromatic heterocycles. The molecule has 2 saturated carbocycles. The van der Waals surface area contributed by atoms with Gasteiger partial charge in [0.25, 0.3) is 0 Å². The van der Waals surface area contributed by atoms with Crippen molar-refractivity contribution in [2.45, 2.75) is 90.9 Å². The number of rotatable bonds is 5. The minimum Gasteiger partial charge on any atom is -0.206 e. The van der Waals surface area contributed by atoms with Gasteiger partial charge in [0.15, 0.2) is 17.5 Å². The van der Waals surface area contributed by atoms with Crippen LogP contribution in [0, 0.1) is 41.0 Å². The third kappa shape index (κ3) is 6.19. The van der Waals surface area contributed by atoms with Crippen LogP contribution >= 0.6 is 0 Å². The molecule has 2 aromatic carbocycles. The van der Waals surface area contributed by atoms with Crippen LogP contribution in [-0.2, 0) is 0 Å². The van der Waals surface area contributed by atoms with Crippen molar-refractivity contribution in [3.05, 3.63) is 59.2 Å². The highest BCUT2D eigenvalue weighted by molar-refractivity contribution is 5.65. The van der Waals surface area contributed by atoms with Crippen LogP contribution in [0.4, 0.5) is 17.6 Å². The lowest BCUT2D eigenvalue weighted by Gasteiger charge is -2.38. The Morgan fingerprint density at radius 1 is 0.697 bits per heavy atom. The number of benzene rings is 2. The first-order valence-electron chi connectivity index (χ1n) is 12.9. The second-order valence-corrected chi connectivity index (χ2v) is 9.67. The van der Waals surface area contributed by atoms with E-state index >= 15 is 0 Å². The fourth-order valence-corrected chi connectivity index (χ4v) is 6.01. The number of halogens is 4. The molecule has 33 heavy (non-hydrogen) atoms. The van der Waals surface area contributed by atoms with Gasteiger partial charge in [0.2, 0.25) is 0 Å². The molecule has 0 nitrogen and oxygen atoms in total. The predicted molar refractivity (Wildman–Crippen MR) is 128 cm³/mol. The molecule has 0 amide bonds. The highest BCUT2D eigenvalue weighted by Crippen LogP contribution is 2.44. The molecular weight excluding hydrogens is 424 g/mol. The Labute approximate surface area is 196 Å². The van der Waals surface area contributed by atoms with Crippen molar-refractivity contribution in [3.63, 3.8) is 0 Å². The summed E-state index contributed by atoms with van der Waals surface area (Å²) in [5.41, 5.74) is 1.07. The average molecular weight is 463 g/mol. The number of hydrogen-bond acceptors (Lipinski definition) is 0. The monoisotopic (exact) mass is 462 g/mol. The van der Waals surface area contributed by atoms with E-state index in [4.69, 9.17) is 0 Å². The van der Waals surface area contributed by atoms with Crippen molar-refractivity contribution in [1.82, 2.24) is 0 Å². The minimum absolute atomic E-state index is 0.0165. The van der Waals surface area contributed by atoms with Gasteiger partial charge in [0.05, 0.1) is 0 Å². The van der Waals surface area contributed by atoms with Gasteiger partial charge in [-0.1, -0.05) is 58.6 Å². The summed E-state index contributed by atoms with van der Waals surface area (Å²) in [6.07, 6.45) is 12.7. The molecule has 0 spiro atoms. The minimum atomic E-state index is -1.53. The van der Waals surface area contributed by atoms with Crippen LogP contribution in [-0.4, -0.2) is 0 Å². The zero-order chi connectivity index (χ0) is 24.0. The molecule has 0 heterocycles. The molecule has 2 aromatic rings. The molecule has 4 rings (SSSR count). The highest BCUT2D eigenvalue weighted by atomic mass is 19.2. The van der Waals surface area contributed by atoms with Crippen LogP contribution in [0.15, 0.2) is 30.3 Å². The zero-order valence-electron chi connectivity index (χ0n) is 20.3. The fourth-order valence-electron chi connectivity index (χ4n) is 6.01. The normalized spacial score (nSPS) is 25.3. The van der Waals surface area contributed by atoms with Crippen LogP contribution in [0.5, 0.6) is 0 Å². The summed E-state index contributed by atoms with van der Waals surface area (Å²) in [4.78, 5) is 0. The fraction of sp³-hybridized carbons (Fsp3) is 0.586. The van der Waals surface area contributed by atoms with Gasteiger partial charge in [0.1, 0.15) is 5.82 Å². The zero-order valence-corrected chi connectivity index (χ0v) is 20.3. The van der Waals surface area contributed by atoms with Crippen molar-refractivity contribution >= 4 is 0 Å². The highest BCUT2D eigenvalue weighted by Gasteiger charge is 2.31. The Balaban J connectivity index is 0.00000149. The van der Waals surface area contributed by atoms with Gasteiger partial charge in [-0.25, -0.2) is 17.6 Å². The molecule has 2 aliphatic carbocycles. The maximum atomic E-state index is 14.8. The molecule has 0 atom stereocenters. The van der Waals surface area contributed by atoms with Crippen molar-refractivity contribution in [1.29, 1.82) is 0 Å². The van der Waals surface area contributed by atoms with Gasteiger partial charge in [-0.15, -0.1) is 0 Å². The quantitative estimate of drug-likeness (QED) is 0.306. The summed E-state index contributed by atoms with van der Waals surface area (Å²) in [7, 11) is 0. The Morgan fingerprint density at radius 3 is 1.76 bits per heavy atom. The molecule has 0 bridgehead atoms. The van der Waals surface area contributed by atoms with E-state index in [0.29, 0.717) is 5.92 Å². The first-order valence-corrected chi connectivity index (χ1v) is 12.9. The number of hydrogen-bond donors (Lipinski definition) is 0. The second kappa shape index (κ2) is 12.0. The van der Waals surface area contributed by atoms with Gasteiger partial charge >= 0.3 is 0 Å². The molecule has 2 fully saturated rings. The lowest BCUT2D eigenvalue weighted by molar-refractivity contribution is 0.156. The van der Waals surface area contributed by atoms with E-state index in [-0.39, 0.29) is 11.1 Å². The van der Waals surface area contributed by atoms with Crippen LogP contribution in [0.1, 0.15) is 96.5 Å². The third-order valence-corrected chi connectivity index (χ3v) is 7.79. The second-order valence-electron chi connectivity index (χ2n) is 9.67. The maximum Gasteiger partial charge on any atom is 0.194 e. The first kappa shape index (κ1) is 25.8. The third-order valence-electron chi connectivity index (χ3n) is 7.79. The standard InChI is InChI=1S/C27H32F4.C2H6/c1-2-3-17-4-6-18(7-5-17)19-8-10-20(11-9-19)21-12-13-23(24(28)14-21)22-15-25(29)27(31)26(30)16-22;1-2/h12-20H,2-11H2,1H3;1-2H3. The van der Waals surface area contributed by atoms with E-state index in [1.807, 2.05) is 19.9 Å². The molecule has 0 radical (unpaired) electrons. The van der Waals surface area contributed by atoms with E-state index in [0.717, 1.165) is 48.3 Å². The summed E-state index contributed by atoms with van der Waals surface area (Å²) >= 11 is 0. The van der Waals surface area contributed by atoms with Crippen LogP contribution in [0.25, 0.3) is 11.1 Å². The van der Waals surface area contributed by atoms with Crippen molar-refractivity contribution < 1.29 is 17.6 Å². The van der Waals surface area contributed by atoms with Gasteiger partial charge in [-0.3, -0.25) is 0 Å². The predicted octanol–water partition coefficient (Wildman–Crippen LogP) is 9.82. The molecule has 0 saturated heterocycles. The van der Waals surface area contributed by atoms with Crippen molar-refractivity contribution in [2.75, 3.05) is 0 Å². The van der Waals surface area contributed by atoms with E-state index in [1.165, 1.54) is 57.4 Å². The molecule has 0 aliphatic heterocycles. The molecular formula is C29H38F4. The van der Waals surface area contributed by atoms with Gasteiger partial charge < -0.3 is 0 Å². The smallest absolute Gasteiger partial charge is 0.194 e. The molecule has 0 unspecified atom stereocenters. The van der Waals surface area contributed by atoms with E-state index < -0.39 is 23.3 Å². The topological polar surface area (TPSA) is 0 Å². The van der Waals surface area contributed by atoms with E-state index in [1.54, 1.807) is 6.07 Å². The Bertz CT molecular complexity index is 867. The molecule has 182 valence electrons. The van der Waals surface area contributed by atoms with Gasteiger partial charge in [-0.05, 0) is 91.5 Å². The SMILES string of the molecule is CC.CCCC1CCC(C2CCC(c3ccc(-c4cc(F)c(F)c(F)c4)c(F)c3)CC2)CC1. The maximum absolute atomic E-state index is 14.8. The van der Waals surface area contributed by atoms with Crippen LogP contribution < -0.4 is 0 Å². The van der Waals surface area contributed by atoms with E-state index in [2.05, 4.69) is 6.92 Å². The largest absolute Gasteiger partial charge is 0.206 e. The van der Waals surface area contributed by atoms with Crippen molar-refractivity contribution in [3.8, 4) is 11.1 Å². The average Bonchev–Trinajstić information content (AvgIpc) is 2.84. The van der Waals surface area contributed by atoms with Gasteiger partial charge in [0, 0.05) is 5.56 Å². The van der Waals surface area contributed by atoms with Gasteiger partial charge in [-0.2, -0.15) is 0 Å². The van der Waals surface area contributed by atoms with Crippen LogP contribution in [0.3, 0.4) is 0 Å². The Morgan fingerprint density at radius 2 is 1.24 bits per heavy atom. The van der Waals surface area contributed by atoms with Crippen molar-refractivity contribution in [2.24, 2.45) is 17.8 Å². The molecule has 2 aliphatic rings. The lowest BCUT2D eigenvalue weighted by atomic mass is 9.68. The molecule has 4 heteroatoms. The summed E-state index contributed by atoms with van der Waals surface area (Å²) in [5, 5.41) is 0. The Kier molecular flexibility index (Phi) is 9.40.